The van der Waals surface area contributed by atoms with E-state index in [0.29, 0.717) is 19.3 Å². The minimum atomic E-state index is -5.41. The van der Waals surface area contributed by atoms with Crippen LogP contribution < -0.4 is 0 Å². The van der Waals surface area contributed by atoms with Gasteiger partial charge in [0.1, 0.15) is 0 Å². The second kappa shape index (κ2) is 5.21. The van der Waals surface area contributed by atoms with Crippen molar-refractivity contribution in [3.63, 3.8) is 0 Å². The summed E-state index contributed by atoms with van der Waals surface area (Å²) in [6.07, 6.45) is -6.88. The average Bonchev–Trinajstić information content (AvgIpc) is 2.84. The third-order valence-electron chi connectivity index (χ3n) is 4.28. The molecule has 0 saturated carbocycles. The van der Waals surface area contributed by atoms with E-state index in [1.165, 1.54) is 0 Å². The second-order valence-electron chi connectivity index (χ2n) is 5.57. The molecule has 1 heterocycles. The summed E-state index contributed by atoms with van der Waals surface area (Å²) in [5.41, 5.74) is -3.79. The monoisotopic (exact) mass is 315 g/mol. The zero-order valence-corrected chi connectivity index (χ0v) is 11.1. The third-order valence-corrected chi connectivity index (χ3v) is 4.28. The van der Waals surface area contributed by atoms with Crippen LogP contribution in [0.1, 0.15) is 25.7 Å². The van der Waals surface area contributed by atoms with Crippen LogP contribution in [0.25, 0.3) is 0 Å². The molecule has 0 spiro atoms. The quantitative estimate of drug-likeness (QED) is 0.534. The van der Waals surface area contributed by atoms with Gasteiger partial charge in [-0.3, -0.25) is 4.79 Å². The summed E-state index contributed by atoms with van der Waals surface area (Å²) in [6.45, 7) is -1.82. The molecule has 1 aliphatic heterocycles. The van der Waals surface area contributed by atoms with Gasteiger partial charge in [0.15, 0.2) is 5.41 Å². The number of carbonyl (C=O) groups is 1. The van der Waals surface area contributed by atoms with Crippen LogP contribution in [0.3, 0.4) is 0 Å². The first-order valence-corrected chi connectivity index (χ1v) is 6.66. The van der Waals surface area contributed by atoms with Crippen LogP contribution in [0, 0.1) is 11.3 Å². The Bertz CT molecular complexity index is 425. The largest absolute Gasteiger partial charge is 0.404 e. The zero-order valence-electron chi connectivity index (χ0n) is 11.1. The van der Waals surface area contributed by atoms with Gasteiger partial charge in [-0.1, -0.05) is 12.2 Å². The van der Waals surface area contributed by atoms with Crippen LogP contribution in [0.2, 0.25) is 0 Å². The maximum Gasteiger partial charge on any atom is 0.404 e. The van der Waals surface area contributed by atoms with Gasteiger partial charge in [0.05, 0.1) is 0 Å². The second-order valence-corrected chi connectivity index (χ2v) is 5.57. The van der Waals surface area contributed by atoms with E-state index in [2.05, 4.69) is 0 Å². The summed E-state index contributed by atoms with van der Waals surface area (Å²) in [5.74, 6) is -1.11. The molecule has 0 radical (unpaired) electrons. The van der Waals surface area contributed by atoms with Gasteiger partial charge in [0.2, 0.25) is 5.91 Å². The Morgan fingerprint density at radius 3 is 2.14 bits per heavy atom. The van der Waals surface area contributed by atoms with E-state index in [1.807, 2.05) is 6.08 Å². The van der Waals surface area contributed by atoms with Crippen LogP contribution in [-0.4, -0.2) is 36.2 Å². The molecule has 1 atom stereocenters. The standard InChI is InChI=1S/C13H15F6NO/c14-12(15,16)11(13(17,18)19)6-7-20(8-11)10(21)9-4-2-1-3-5-9/h1-2,9H,3-8H2/t9-/m1/s1. The molecule has 1 aliphatic carbocycles. The molecule has 0 N–H and O–H groups in total. The third kappa shape index (κ3) is 2.76. The van der Waals surface area contributed by atoms with E-state index in [4.69, 9.17) is 0 Å². The molecule has 0 aromatic heterocycles. The van der Waals surface area contributed by atoms with Crippen molar-refractivity contribution in [3.8, 4) is 0 Å². The predicted molar refractivity (Wildman–Crippen MR) is 62.2 cm³/mol. The van der Waals surface area contributed by atoms with E-state index in [1.54, 1.807) is 6.08 Å². The molecule has 120 valence electrons. The molecule has 21 heavy (non-hydrogen) atoms. The lowest BCUT2D eigenvalue weighted by Gasteiger charge is -2.34. The van der Waals surface area contributed by atoms with Gasteiger partial charge in [0.25, 0.3) is 0 Å². The maximum atomic E-state index is 12.9. The maximum absolute atomic E-state index is 12.9. The summed E-state index contributed by atoms with van der Waals surface area (Å²) in [5, 5.41) is 0. The van der Waals surface area contributed by atoms with Crippen LogP contribution in [-0.2, 0) is 4.79 Å². The molecule has 2 rings (SSSR count). The van der Waals surface area contributed by atoms with Gasteiger partial charge in [0, 0.05) is 19.0 Å². The van der Waals surface area contributed by atoms with Crippen LogP contribution in [0.4, 0.5) is 26.3 Å². The smallest absolute Gasteiger partial charge is 0.341 e. The van der Waals surface area contributed by atoms with E-state index < -0.39 is 49.1 Å². The Kier molecular flexibility index (Phi) is 4.01. The average molecular weight is 315 g/mol. The highest BCUT2D eigenvalue weighted by Crippen LogP contribution is 2.55. The van der Waals surface area contributed by atoms with Crippen LogP contribution >= 0.6 is 0 Å². The summed E-state index contributed by atoms with van der Waals surface area (Å²) >= 11 is 0. The topological polar surface area (TPSA) is 20.3 Å². The molecule has 1 amide bonds. The molecule has 2 aliphatic rings. The number of allylic oxidation sites excluding steroid dienone is 2. The number of likely N-dealkylation sites (tertiary alicyclic amines) is 1. The van der Waals surface area contributed by atoms with Crippen molar-refractivity contribution in [2.45, 2.75) is 38.0 Å². The number of hydrogen-bond donors (Lipinski definition) is 0. The summed E-state index contributed by atoms with van der Waals surface area (Å²) in [4.78, 5) is 12.8. The van der Waals surface area contributed by atoms with Crippen molar-refractivity contribution in [2.24, 2.45) is 11.3 Å². The molecule has 0 bridgehead atoms. The van der Waals surface area contributed by atoms with E-state index in [9.17, 15) is 31.1 Å². The number of rotatable bonds is 1. The minimum Gasteiger partial charge on any atom is -0.341 e. The van der Waals surface area contributed by atoms with Gasteiger partial charge in [-0.25, -0.2) is 0 Å². The number of alkyl halides is 6. The fraction of sp³-hybridized carbons (Fsp3) is 0.769. The summed E-state index contributed by atoms with van der Waals surface area (Å²) in [6, 6.07) is 0. The SMILES string of the molecule is O=C([C@@H]1CC=CCC1)N1CCC(C(F)(F)F)(C(F)(F)F)C1. The molecule has 1 fully saturated rings. The Morgan fingerprint density at radius 2 is 1.71 bits per heavy atom. The normalized spacial score (nSPS) is 26.2. The summed E-state index contributed by atoms with van der Waals surface area (Å²) in [7, 11) is 0. The lowest BCUT2D eigenvalue weighted by molar-refractivity contribution is -0.334. The van der Waals surface area contributed by atoms with Gasteiger partial charge in [-0.15, -0.1) is 0 Å². The fourth-order valence-electron chi connectivity index (χ4n) is 2.90. The minimum absolute atomic E-state index is 0.375. The first-order chi connectivity index (χ1) is 9.58. The lowest BCUT2D eigenvalue weighted by atomic mass is 9.85. The van der Waals surface area contributed by atoms with Gasteiger partial charge in [-0.05, 0) is 25.7 Å². The number of amides is 1. The zero-order chi connectivity index (χ0) is 15.9. The first-order valence-electron chi connectivity index (χ1n) is 6.66. The van der Waals surface area contributed by atoms with Gasteiger partial charge >= 0.3 is 12.4 Å². The van der Waals surface area contributed by atoms with Crippen LogP contribution in [0.15, 0.2) is 12.2 Å². The molecule has 0 unspecified atom stereocenters. The molecule has 1 saturated heterocycles. The molecule has 8 heteroatoms. The van der Waals surface area contributed by atoms with Crippen molar-refractivity contribution in [3.05, 3.63) is 12.2 Å². The Balaban J connectivity index is 2.17. The molecule has 2 nitrogen and oxygen atoms in total. The van der Waals surface area contributed by atoms with Crippen molar-refractivity contribution in [1.29, 1.82) is 0 Å². The molecule has 0 aromatic carbocycles. The van der Waals surface area contributed by atoms with E-state index in [0.717, 1.165) is 4.90 Å². The first kappa shape index (κ1) is 16.2. The highest BCUT2D eigenvalue weighted by Gasteiger charge is 2.72. The molecule has 0 aromatic rings. The van der Waals surface area contributed by atoms with Crippen molar-refractivity contribution in [2.75, 3.05) is 13.1 Å². The van der Waals surface area contributed by atoms with Crippen LogP contribution in [0.5, 0.6) is 0 Å². The molecular weight excluding hydrogens is 300 g/mol. The Hall–Kier alpha value is -1.21. The number of halogens is 6. The Morgan fingerprint density at radius 1 is 1.10 bits per heavy atom. The highest BCUT2D eigenvalue weighted by molar-refractivity contribution is 5.79. The Labute approximate surface area is 117 Å². The van der Waals surface area contributed by atoms with Gasteiger partial charge < -0.3 is 4.90 Å². The fourth-order valence-corrected chi connectivity index (χ4v) is 2.90. The van der Waals surface area contributed by atoms with Gasteiger partial charge in [-0.2, -0.15) is 26.3 Å². The molecular formula is C13H15F6NO. The highest BCUT2D eigenvalue weighted by atomic mass is 19.4. The lowest BCUT2D eigenvalue weighted by Crippen LogP contribution is -2.52. The van der Waals surface area contributed by atoms with Crippen molar-refractivity contribution >= 4 is 5.91 Å². The number of nitrogens with zero attached hydrogens (tertiary/aromatic N) is 1. The predicted octanol–water partition coefficient (Wildman–Crippen LogP) is 3.69. The van der Waals surface area contributed by atoms with E-state index >= 15 is 0 Å². The van der Waals surface area contributed by atoms with Crippen molar-refractivity contribution in [1.82, 2.24) is 4.90 Å². The summed E-state index contributed by atoms with van der Waals surface area (Å²) < 4.78 is 77.5. The van der Waals surface area contributed by atoms with Crippen molar-refractivity contribution < 1.29 is 31.1 Å². The number of carbonyl (C=O) groups excluding carboxylic acids is 1. The number of hydrogen-bond acceptors (Lipinski definition) is 1. The van der Waals surface area contributed by atoms with E-state index in [-0.39, 0.29) is 0 Å².